The largest absolute Gasteiger partial charge is 0.378 e. The van der Waals surface area contributed by atoms with E-state index in [1.54, 1.807) is 6.21 Å². The fourth-order valence-electron chi connectivity index (χ4n) is 1.70. The monoisotopic (exact) mass is 298 g/mol. The zero-order chi connectivity index (χ0) is 15.1. The topological polar surface area (TPSA) is 39.7 Å². The van der Waals surface area contributed by atoms with Crippen LogP contribution >= 0.6 is 12.2 Å². The van der Waals surface area contributed by atoms with Crippen LogP contribution in [0.2, 0.25) is 0 Å². The summed E-state index contributed by atoms with van der Waals surface area (Å²) in [4.78, 5) is 2.05. The lowest BCUT2D eigenvalue weighted by atomic mass is 10.2. The molecule has 4 nitrogen and oxygen atoms in total. The van der Waals surface area contributed by atoms with Crippen molar-refractivity contribution in [3.8, 4) is 0 Å². The van der Waals surface area contributed by atoms with Gasteiger partial charge < -0.3 is 10.2 Å². The first-order valence-electron chi connectivity index (χ1n) is 6.57. The summed E-state index contributed by atoms with van der Waals surface area (Å²) in [7, 11) is 4.02. The third kappa shape index (κ3) is 4.89. The maximum absolute atomic E-state index is 5.16. The van der Waals surface area contributed by atoms with Gasteiger partial charge in [0.2, 0.25) is 0 Å². The summed E-state index contributed by atoms with van der Waals surface area (Å²) < 4.78 is 0. The van der Waals surface area contributed by atoms with E-state index in [1.165, 1.54) is 0 Å². The van der Waals surface area contributed by atoms with E-state index in [2.05, 4.69) is 20.7 Å². The fourth-order valence-corrected chi connectivity index (χ4v) is 1.88. The van der Waals surface area contributed by atoms with Gasteiger partial charge in [0.1, 0.15) is 0 Å². The van der Waals surface area contributed by atoms with Crippen LogP contribution in [0.25, 0.3) is 0 Å². The average molecular weight is 298 g/mol. The molecule has 0 saturated heterocycles. The van der Waals surface area contributed by atoms with Crippen LogP contribution in [0.15, 0.2) is 59.7 Å². The standard InChI is InChI=1S/C16H18N4S/c1-20(2)15-10-8-13(9-11-15)12-17-19-16(21)18-14-6-4-3-5-7-14/h3-12H,1-2H3,(H2,18,19,21)/b17-12+. The van der Waals surface area contributed by atoms with Gasteiger partial charge in [-0.15, -0.1) is 0 Å². The second-order valence-electron chi connectivity index (χ2n) is 4.68. The maximum Gasteiger partial charge on any atom is 0.191 e. The molecule has 0 saturated carbocycles. The number of para-hydroxylation sites is 1. The van der Waals surface area contributed by atoms with Gasteiger partial charge in [0.05, 0.1) is 6.21 Å². The molecule has 2 aromatic rings. The van der Waals surface area contributed by atoms with E-state index < -0.39 is 0 Å². The minimum atomic E-state index is 0.461. The Kier molecular flexibility index (Phi) is 5.29. The van der Waals surface area contributed by atoms with Crippen molar-refractivity contribution in [1.82, 2.24) is 5.43 Å². The zero-order valence-electron chi connectivity index (χ0n) is 12.1. The highest BCUT2D eigenvalue weighted by Crippen LogP contribution is 2.10. The summed E-state index contributed by atoms with van der Waals surface area (Å²) in [5.41, 5.74) is 5.89. The van der Waals surface area contributed by atoms with Crippen LogP contribution in [0.4, 0.5) is 11.4 Å². The van der Waals surface area contributed by atoms with Gasteiger partial charge >= 0.3 is 0 Å². The van der Waals surface area contributed by atoms with Crippen molar-refractivity contribution in [2.75, 3.05) is 24.3 Å². The number of hydrogen-bond donors (Lipinski definition) is 2. The number of nitrogens with zero attached hydrogens (tertiary/aromatic N) is 2. The van der Waals surface area contributed by atoms with Gasteiger partial charge in [0, 0.05) is 25.5 Å². The van der Waals surface area contributed by atoms with Gasteiger partial charge in [-0.25, -0.2) is 0 Å². The van der Waals surface area contributed by atoms with E-state index in [0.717, 1.165) is 16.9 Å². The Morgan fingerprint density at radius 1 is 1.05 bits per heavy atom. The van der Waals surface area contributed by atoms with Crippen LogP contribution in [0.3, 0.4) is 0 Å². The first-order chi connectivity index (χ1) is 10.1. The summed E-state index contributed by atoms with van der Waals surface area (Å²) >= 11 is 5.16. The van der Waals surface area contributed by atoms with Crippen molar-refractivity contribution in [1.29, 1.82) is 0 Å². The maximum atomic E-state index is 5.16. The van der Waals surface area contributed by atoms with E-state index in [4.69, 9.17) is 12.2 Å². The number of thiocarbonyl (C=S) groups is 1. The van der Waals surface area contributed by atoms with Gasteiger partial charge in [0.25, 0.3) is 0 Å². The fraction of sp³-hybridized carbons (Fsp3) is 0.125. The highest BCUT2D eigenvalue weighted by Gasteiger charge is 1.95. The summed E-state index contributed by atoms with van der Waals surface area (Å²) in [6.07, 6.45) is 1.73. The van der Waals surface area contributed by atoms with Crippen molar-refractivity contribution in [2.24, 2.45) is 5.10 Å². The number of nitrogens with one attached hydrogen (secondary N) is 2. The molecule has 0 bridgehead atoms. The highest BCUT2D eigenvalue weighted by atomic mass is 32.1. The van der Waals surface area contributed by atoms with Gasteiger partial charge in [-0.1, -0.05) is 30.3 Å². The van der Waals surface area contributed by atoms with Crippen molar-refractivity contribution in [3.63, 3.8) is 0 Å². The molecule has 0 aliphatic rings. The molecular formula is C16H18N4S. The van der Waals surface area contributed by atoms with Crippen LogP contribution in [-0.4, -0.2) is 25.4 Å². The Morgan fingerprint density at radius 3 is 2.33 bits per heavy atom. The summed E-state index contributed by atoms with van der Waals surface area (Å²) in [6.45, 7) is 0. The predicted molar refractivity (Wildman–Crippen MR) is 94.2 cm³/mol. The van der Waals surface area contributed by atoms with Crippen LogP contribution in [0.1, 0.15) is 5.56 Å². The van der Waals surface area contributed by atoms with E-state index in [-0.39, 0.29) is 0 Å². The van der Waals surface area contributed by atoms with Gasteiger partial charge in [0.15, 0.2) is 5.11 Å². The molecule has 5 heteroatoms. The lowest BCUT2D eigenvalue weighted by Crippen LogP contribution is -2.23. The van der Waals surface area contributed by atoms with Crippen molar-refractivity contribution >= 4 is 34.9 Å². The van der Waals surface area contributed by atoms with Gasteiger partial charge in [-0.05, 0) is 42.0 Å². The second kappa shape index (κ2) is 7.40. The molecule has 0 aliphatic carbocycles. The molecule has 0 spiro atoms. The number of anilines is 2. The molecule has 0 aromatic heterocycles. The van der Waals surface area contributed by atoms with Crippen molar-refractivity contribution in [2.45, 2.75) is 0 Å². The average Bonchev–Trinajstić information content (AvgIpc) is 2.49. The van der Waals surface area contributed by atoms with Gasteiger partial charge in [-0.3, -0.25) is 5.43 Å². The highest BCUT2D eigenvalue weighted by molar-refractivity contribution is 7.80. The normalized spacial score (nSPS) is 10.4. The molecule has 2 N–H and O–H groups in total. The third-order valence-electron chi connectivity index (χ3n) is 2.82. The molecule has 0 aliphatic heterocycles. The molecular weight excluding hydrogens is 280 g/mol. The first kappa shape index (κ1) is 15.0. The molecule has 0 heterocycles. The summed E-state index contributed by atoms with van der Waals surface area (Å²) in [5.74, 6) is 0. The number of hydrazone groups is 1. The lowest BCUT2D eigenvalue weighted by Gasteiger charge is -2.11. The van der Waals surface area contributed by atoms with Crippen molar-refractivity contribution < 1.29 is 0 Å². The molecule has 2 rings (SSSR count). The molecule has 0 radical (unpaired) electrons. The molecule has 108 valence electrons. The quantitative estimate of drug-likeness (QED) is 0.517. The number of rotatable bonds is 4. The lowest BCUT2D eigenvalue weighted by molar-refractivity contribution is 1.05. The van der Waals surface area contributed by atoms with E-state index in [0.29, 0.717) is 5.11 Å². The molecule has 21 heavy (non-hydrogen) atoms. The Balaban J connectivity index is 1.86. The SMILES string of the molecule is CN(C)c1ccc(/C=N/NC(=S)Nc2ccccc2)cc1. The third-order valence-corrected chi connectivity index (χ3v) is 3.01. The molecule has 0 fully saturated rings. The minimum Gasteiger partial charge on any atom is -0.378 e. The first-order valence-corrected chi connectivity index (χ1v) is 6.98. The molecule has 0 unspecified atom stereocenters. The van der Waals surface area contributed by atoms with Crippen LogP contribution in [0, 0.1) is 0 Å². The van der Waals surface area contributed by atoms with E-state index in [9.17, 15) is 0 Å². The van der Waals surface area contributed by atoms with E-state index >= 15 is 0 Å². The zero-order valence-corrected chi connectivity index (χ0v) is 12.9. The predicted octanol–water partition coefficient (Wildman–Crippen LogP) is 3.07. The van der Waals surface area contributed by atoms with Crippen molar-refractivity contribution in [3.05, 3.63) is 60.2 Å². The molecule has 0 amide bonds. The summed E-state index contributed by atoms with van der Waals surface area (Å²) in [5, 5.41) is 7.63. The Morgan fingerprint density at radius 2 is 1.71 bits per heavy atom. The Hall–Kier alpha value is -2.40. The Labute approximate surface area is 130 Å². The van der Waals surface area contributed by atoms with Crippen LogP contribution in [-0.2, 0) is 0 Å². The van der Waals surface area contributed by atoms with Crippen LogP contribution in [0.5, 0.6) is 0 Å². The molecule has 2 aromatic carbocycles. The van der Waals surface area contributed by atoms with E-state index in [1.807, 2.05) is 68.7 Å². The minimum absolute atomic E-state index is 0.461. The summed E-state index contributed by atoms with van der Waals surface area (Å²) in [6, 6.07) is 17.8. The smallest absolute Gasteiger partial charge is 0.191 e. The molecule has 0 atom stereocenters. The number of benzene rings is 2. The van der Waals surface area contributed by atoms with Crippen LogP contribution < -0.4 is 15.6 Å². The number of hydrogen-bond acceptors (Lipinski definition) is 3. The second-order valence-corrected chi connectivity index (χ2v) is 5.08. The Bertz CT molecular complexity index is 606. The van der Waals surface area contributed by atoms with Gasteiger partial charge in [-0.2, -0.15) is 5.10 Å².